The Morgan fingerprint density at radius 1 is 1.14 bits per heavy atom. The van der Waals surface area contributed by atoms with E-state index in [4.69, 9.17) is 10.5 Å². The Bertz CT molecular complexity index is 546. The lowest BCUT2D eigenvalue weighted by atomic mass is 9.98. The molecule has 1 aromatic carbocycles. The molecule has 0 unspecified atom stereocenters. The van der Waals surface area contributed by atoms with Crippen molar-refractivity contribution in [2.75, 3.05) is 18.8 Å². The summed E-state index contributed by atoms with van der Waals surface area (Å²) >= 11 is 0. The minimum Gasteiger partial charge on any atom is -0.394 e. The molecular weight excluding hydrogens is 278 g/mol. The SMILES string of the molecule is CC1(C)CN(C(=O)c2cc(F)c(N)c(F)c2)CC(C)(C)O1. The van der Waals surface area contributed by atoms with Crippen molar-refractivity contribution in [2.24, 2.45) is 0 Å². The van der Waals surface area contributed by atoms with Gasteiger partial charge in [0.1, 0.15) is 17.3 Å². The third-order valence-corrected chi connectivity index (χ3v) is 3.31. The normalized spacial score (nSPS) is 20.4. The zero-order chi connectivity index (χ0) is 16.0. The number of anilines is 1. The Morgan fingerprint density at radius 2 is 1.57 bits per heavy atom. The Labute approximate surface area is 122 Å². The zero-order valence-electron chi connectivity index (χ0n) is 12.7. The van der Waals surface area contributed by atoms with Crippen LogP contribution in [-0.2, 0) is 4.74 Å². The van der Waals surface area contributed by atoms with Crippen LogP contribution in [0.3, 0.4) is 0 Å². The quantitative estimate of drug-likeness (QED) is 0.811. The molecule has 1 saturated heterocycles. The molecule has 0 saturated carbocycles. The first-order chi connectivity index (χ1) is 9.51. The molecule has 2 N–H and O–H groups in total. The highest BCUT2D eigenvalue weighted by Gasteiger charge is 2.40. The average Bonchev–Trinajstić information content (AvgIpc) is 2.30. The second-order valence-corrected chi connectivity index (χ2v) is 6.64. The van der Waals surface area contributed by atoms with E-state index in [1.807, 2.05) is 27.7 Å². The van der Waals surface area contributed by atoms with Crippen LogP contribution in [0.1, 0.15) is 38.1 Å². The van der Waals surface area contributed by atoms with Crippen LogP contribution in [0.2, 0.25) is 0 Å². The van der Waals surface area contributed by atoms with Gasteiger partial charge in [-0.1, -0.05) is 0 Å². The van der Waals surface area contributed by atoms with E-state index in [0.29, 0.717) is 13.1 Å². The van der Waals surface area contributed by atoms with Crippen LogP contribution in [0.4, 0.5) is 14.5 Å². The second kappa shape index (κ2) is 4.94. The number of carbonyl (C=O) groups excluding carboxylic acids is 1. The van der Waals surface area contributed by atoms with E-state index in [1.54, 1.807) is 4.90 Å². The van der Waals surface area contributed by atoms with E-state index >= 15 is 0 Å². The molecule has 0 aliphatic carbocycles. The molecule has 116 valence electrons. The molecule has 1 heterocycles. The number of morpholine rings is 1. The Morgan fingerprint density at radius 3 is 2.00 bits per heavy atom. The highest BCUT2D eigenvalue weighted by molar-refractivity contribution is 5.94. The van der Waals surface area contributed by atoms with Gasteiger partial charge >= 0.3 is 0 Å². The molecule has 0 radical (unpaired) electrons. The van der Waals surface area contributed by atoms with Crippen molar-refractivity contribution in [3.8, 4) is 0 Å². The lowest BCUT2D eigenvalue weighted by Gasteiger charge is -2.47. The third-order valence-electron chi connectivity index (χ3n) is 3.31. The number of ether oxygens (including phenoxy) is 1. The Hall–Kier alpha value is -1.69. The highest BCUT2D eigenvalue weighted by atomic mass is 19.1. The summed E-state index contributed by atoms with van der Waals surface area (Å²) in [5.41, 5.74) is 3.55. The number of nitrogens with two attached hydrogens (primary N) is 1. The van der Waals surface area contributed by atoms with Crippen LogP contribution in [0.25, 0.3) is 0 Å². The predicted octanol–water partition coefficient (Wildman–Crippen LogP) is 2.58. The summed E-state index contributed by atoms with van der Waals surface area (Å²) in [6.07, 6.45) is 0. The smallest absolute Gasteiger partial charge is 0.254 e. The fraction of sp³-hybridized carbons (Fsp3) is 0.533. The summed E-state index contributed by atoms with van der Waals surface area (Å²) in [5.74, 6) is -2.28. The monoisotopic (exact) mass is 298 g/mol. The van der Waals surface area contributed by atoms with Crippen LogP contribution in [0.15, 0.2) is 12.1 Å². The van der Waals surface area contributed by atoms with E-state index in [0.717, 1.165) is 12.1 Å². The van der Waals surface area contributed by atoms with Crippen LogP contribution < -0.4 is 5.73 Å². The second-order valence-electron chi connectivity index (χ2n) is 6.64. The molecule has 2 rings (SSSR count). The van der Waals surface area contributed by atoms with Crippen molar-refractivity contribution >= 4 is 11.6 Å². The van der Waals surface area contributed by atoms with Crippen molar-refractivity contribution < 1.29 is 18.3 Å². The summed E-state index contributed by atoms with van der Waals surface area (Å²) in [6.45, 7) is 8.19. The zero-order valence-corrected chi connectivity index (χ0v) is 12.7. The largest absolute Gasteiger partial charge is 0.394 e. The van der Waals surface area contributed by atoms with E-state index < -0.39 is 34.4 Å². The van der Waals surface area contributed by atoms with Crippen molar-refractivity contribution in [3.05, 3.63) is 29.3 Å². The van der Waals surface area contributed by atoms with Gasteiger partial charge < -0.3 is 15.4 Å². The predicted molar refractivity (Wildman–Crippen MR) is 75.9 cm³/mol. The summed E-state index contributed by atoms with van der Waals surface area (Å²) < 4.78 is 32.9. The summed E-state index contributed by atoms with van der Waals surface area (Å²) in [4.78, 5) is 14.0. The molecule has 0 atom stereocenters. The number of hydrogen-bond donors (Lipinski definition) is 1. The van der Waals surface area contributed by atoms with E-state index in [1.165, 1.54) is 0 Å². The number of carbonyl (C=O) groups is 1. The maximum absolute atomic E-state index is 13.5. The van der Waals surface area contributed by atoms with E-state index in [2.05, 4.69) is 0 Å². The van der Waals surface area contributed by atoms with Gasteiger partial charge in [-0.25, -0.2) is 8.78 Å². The molecule has 1 aliphatic heterocycles. The minimum atomic E-state index is -0.926. The number of nitrogen functional groups attached to an aromatic ring is 1. The van der Waals surface area contributed by atoms with Crippen molar-refractivity contribution in [1.29, 1.82) is 0 Å². The number of hydrogen-bond acceptors (Lipinski definition) is 3. The fourth-order valence-electron chi connectivity index (χ4n) is 2.82. The summed E-state index contributed by atoms with van der Waals surface area (Å²) in [5, 5.41) is 0. The van der Waals surface area contributed by atoms with Gasteiger partial charge in [0.05, 0.1) is 11.2 Å². The first kappa shape index (κ1) is 15.7. The van der Waals surface area contributed by atoms with Gasteiger partial charge in [0.15, 0.2) is 0 Å². The summed E-state index contributed by atoms with van der Waals surface area (Å²) in [7, 11) is 0. The van der Waals surface area contributed by atoms with Crippen LogP contribution in [-0.4, -0.2) is 35.1 Å². The van der Waals surface area contributed by atoms with Crippen molar-refractivity contribution in [1.82, 2.24) is 4.90 Å². The first-order valence-corrected chi connectivity index (χ1v) is 6.75. The molecule has 6 heteroatoms. The van der Waals surface area contributed by atoms with Gasteiger partial charge in [-0.15, -0.1) is 0 Å². The number of nitrogens with zero attached hydrogens (tertiary/aromatic N) is 1. The molecule has 1 amide bonds. The fourth-order valence-corrected chi connectivity index (χ4v) is 2.82. The highest BCUT2D eigenvalue weighted by Crippen LogP contribution is 2.29. The van der Waals surface area contributed by atoms with Gasteiger partial charge in [0, 0.05) is 18.7 Å². The lowest BCUT2D eigenvalue weighted by molar-refractivity contribution is -0.171. The maximum Gasteiger partial charge on any atom is 0.254 e. The first-order valence-electron chi connectivity index (χ1n) is 6.75. The lowest BCUT2D eigenvalue weighted by Crippen LogP contribution is -2.58. The topological polar surface area (TPSA) is 55.6 Å². The molecule has 21 heavy (non-hydrogen) atoms. The number of benzene rings is 1. The number of halogens is 2. The Balaban J connectivity index is 2.31. The Kier molecular flexibility index (Phi) is 3.70. The molecule has 1 aliphatic rings. The molecule has 0 bridgehead atoms. The van der Waals surface area contributed by atoms with E-state index in [-0.39, 0.29) is 5.56 Å². The van der Waals surface area contributed by atoms with Gasteiger partial charge in [0.25, 0.3) is 5.91 Å². The van der Waals surface area contributed by atoms with Gasteiger partial charge in [0.2, 0.25) is 0 Å². The van der Waals surface area contributed by atoms with Crippen LogP contribution in [0.5, 0.6) is 0 Å². The van der Waals surface area contributed by atoms with Crippen LogP contribution in [0, 0.1) is 11.6 Å². The standard InChI is InChI=1S/C15H20F2N2O2/c1-14(2)7-19(8-15(3,4)21-14)13(20)9-5-10(16)12(18)11(17)6-9/h5-6H,7-8,18H2,1-4H3. The van der Waals surface area contributed by atoms with Crippen LogP contribution >= 0.6 is 0 Å². The minimum absolute atomic E-state index is 0.0484. The van der Waals surface area contributed by atoms with Gasteiger partial charge in [-0.2, -0.15) is 0 Å². The third kappa shape index (κ3) is 3.32. The van der Waals surface area contributed by atoms with Gasteiger partial charge in [-0.05, 0) is 39.8 Å². The van der Waals surface area contributed by atoms with Gasteiger partial charge in [-0.3, -0.25) is 4.79 Å². The maximum atomic E-state index is 13.5. The van der Waals surface area contributed by atoms with Crippen molar-refractivity contribution in [2.45, 2.75) is 38.9 Å². The van der Waals surface area contributed by atoms with E-state index in [9.17, 15) is 13.6 Å². The molecule has 1 fully saturated rings. The molecule has 0 aromatic heterocycles. The number of amides is 1. The van der Waals surface area contributed by atoms with Crippen molar-refractivity contribution in [3.63, 3.8) is 0 Å². The summed E-state index contributed by atoms with van der Waals surface area (Å²) in [6, 6.07) is 1.94. The molecule has 1 aromatic rings. The molecule has 0 spiro atoms. The average molecular weight is 298 g/mol. The number of rotatable bonds is 1. The molecular formula is C15H20F2N2O2. The molecule has 4 nitrogen and oxygen atoms in total.